The van der Waals surface area contributed by atoms with Gasteiger partial charge in [0.15, 0.2) is 17.1 Å². The van der Waals surface area contributed by atoms with Crippen LogP contribution in [-0.2, 0) is 0 Å². The highest BCUT2D eigenvalue weighted by atomic mass is 16.3. The summed E-state index contributed by atoms with van der Waals surface area (Å²) in [4.78, 5) is 42.7. The molecule has 0 unspecified atom stereocenters. The van der Waals surface area contributed by atoms with Crippen LogP contribution < -0.4 is 11.3 Å². The number of nitrogens with two attached hydrogens (primary N) is 1. The van der Waals surface area contributed by atoms with Gasteiger partial charge in [0.05, 0.1) is 11.1 Å². The first-order valence-corrected chi connectivity index (χ1v) is 8.16. The smallest absolute Gasteiger partial charge is 0.269 e. The normalized spacial score (nSPS) is 10.9. The predicted octanol–water partition coefficient (Wildman–Crippen LogP) is 1.35. The summed E-state index contributed by atoms with van der Waals surface area (Å²) in [5, 5.41) is 17.4. The summed E-state index contributed by atoms with van der Waals surface area (Å²) >= 11 is 0. The van der Waals surface area contributed by atoms with Crippen molar-refractivity contribution >= 4 is 22.7 Å². The number of primary amides is 1. The van der Waals surface area contributed by atoms with Crippen molar-refractivity contribution in [2.45, 2.75) is 0 Å². The summed E-state index contributed by atoms with van der Waals surface area (Å²) in [6.07, 6.45) is 2.88. The number of rotatable bonds is 4. The molecule has 0 aliphatic heterocycles. The van der Waals surface area contributed by atoms with Crippen LogP contribution in [0, 0.1) is 0 Å². The minimum Gasteiger partial charge on any atom is -0.508 e. The van der Waals surface area contributed by atoms with Crippen molar-refractivity contribution in [3.8, 4) is 16.9 Å². The van der Waals surface area contributed by atoms with Gasteiger partial charge in [0.1, 0.15) is 5.75 Å². The molecule has 4 rings (SSSR count). The van der Waals surface area contributed by atoms with Gasteiger partial charge in [0.2, 0.25) is 0 Å². The molecule has 1 amide bonds. The molecule has 9 nitrogen and oxygen atoms in total. The van der Waals surface area contributed by atoms with E-state index < -0.39 is 11.5 Å². The van der Waals surface area contributed by atoms with E-state index in [9.17, 15) is 19.5 Å². The standard InChI is InChI=1S/C19H13N5O4/c20-17(27)15-13(11-2-1-7-21-19(11)28)14-12(8-22-18(14)24-23-15)16(26)9-3-5-10(25)6-4-9/h1-8,25H,(H2,20,27)(H,21,28)(H,22,24). The minimum absolute atomic E-state index is 0.0221. The summed E-state index contributed by atoms with van der Waals surface area (Å²) in [5.41, 5.74) is 5.74. The van der Waals surface area contributed by atoms with Gasteiger partial charge in [-0.2, -0.15) is 0 Å². The monoisotopic (exact) mass is 375 g/mol. The topological polar surface area (TPSA) is 155 Å². The number of phenols is 1. The Kier molecular flexibility index (Phi) is 3.96. The Morgan fingerprint density at radius 1 is 1.04 bits per heavy atom. The van der Waals surface area contributed by atoms with E-state index >= 15 is 0 Å². The Morgan fingerprint density at radius 3 is 2.46 bits per heavy atom. The van der Waals surface area contributed by atoms with Crippen molar-refractivity contribution in [1.29, 1.82) is 0 Å². The van der Waals surface area contributed by atoms with Crippen LogP contribution in [0.25, 0.3) is 22.2 Å². The molecule has 0 spiro atoms. The second-order valence-electron chi connectivity index (χ2n) is 6.00. The molecule has 138 valence electrons. The van der Waals surface area contributed by atoms with Crippen molar-refractivity contribution in [3.05, 3.63) is 76.0 Å². The van der Waals surface area contributed by atoms with E-state index in [1.807, 2.05) is 0 Å². The number of aromatic hydroxyl groups is 1. The number of aromatic amines is 2. The molecule has 0 radical (unpaired) electrons. The molecular formula is C19H13N5O4. The van der Waals surface area contributed by atoms with Gasteiger partial charge in [-0.05, 0) is 36.4 Å². The third kappa shape index (κ3) is 2.71. The maximum Gasteiger partial charge on any atom is 0.269 e. The van der Waals surface area contributed by atoms with Gasteiger partial charge in [-0.1, -0.05) is 0 Å². The number of H-pyrrole nitrogens is 2. The van der Waals surface area contributed by atoms with Crippen LogP contribution in [0.3, 0.4) is 0 Å². The number of phenolic OH excluding ortho intramolecular Hbond substituents is 1. The summed E-state index contributed by atoms with van der Waals surface area (Å²) < 4.78 is 0. The van der Waals surface area contributed by atoms with Crippen LogP contribution in [0.1, 0.15) is 26.4 Å². The first-order valence-electron chi connectivity index (χ1n) is 8.16. The molecule has 0 aliphatic rings. The van der Waals surface area contributed by atoms with E-state index in [4.69, 9.17) is 5.73 Å². The fourth-order valence-electron chi connectivity index (χ4n) is 3.01. The molecule has 0 atom stereocenters. The van der Waals surface area contributed by atoms with Gasteiger partial charge < -0.3 is 20.8 Å². The number of nitrogens with zero attached hydrogens (tertiary/aromatic N) is 2. The fraction of sp³-hybridized carbons (Fsp3) is 0. The van der Waals surface area contributed by atoms with E-state index in [1.54, 1.807) is 6.07 Å². The highest BCUT2D eigenvalue weighted by Gasteiger charge is 2.25. The van der Waals surface area contributed by atoms with Gasteiger partial charge in [0, 0.05) is 28.9 Å². The first-order chi connectivity index (χ1) is 13.5. The molecule has 0 saturated heterocycles. The quantitative estimate of drug-likeness (QED) is 0.395. The van der Waals surface area contributed by atoms with Crippen LogP contribution in [-0.4, -0.2) is 37.0 Å². The number of fused-ring (bicyclic) bond motifs is 1. The number of pyridine rings is 1. The Labute approximate surface area is 156 Å². The lowest BCUT2D eigenvalue weighted by Gasteiger charge is -2.08. The highest BCUT2D eigenvalue weighted by molar-refractivity contribution is 6.20. The van der Waals surface area contributed by atoms with Gasteiger partial charge in [0.25, 0.3) is 11.5 Å². The zero-order valence-corrected chi connectivity index (χ0v) is 14.3. The second kappa shape index (κ2) is 6.47. The van der Waals surface area contributed by atoms with Crippen molar-refractivity contribution in [1.82, 2.24) is 20.2 Å². The maximum absolute atomic E-state index is 13.0. The number of aromatic nitrogens is 4. The largest absolute Gasteiger partial charge is 0.508 e. The average molecular weight is 375 g/mol. The molecule has 5 N–H and O–H groups in total. The lowest BCUT2D eigenvalue weighted by Crippen LogP contribution is -2.18. The van der Waals surface area contributed by atoms with Gasteiger partial charge in [-0.15, -0.1) is 10.2 Å². The van der Waals surface area contributed by atoms with E-state index in [1.165, 1.54) is 42.7 Å². The molecule has 1 aromatic carbocycles. The molecule has 3 aromatic heterocycles. The first kappa shape index (κ1) is 17.2. The zero-order chi connectivity index (χ0) is 19.8. The number of hydrogen-bond acceptors (Lipinski definition) is 6. The molecule has 28 heavy (non-hydrogen) atoms. The fourth-order valence-corrected chi connectivity index (χ4v) is 3.01. The average Bonchev–Trinajstić information content (AvgIpc) is 3.12. The number of carbonyl (C=O) groups is 2. The Balaban J connectivity index is 2.05. The predicted molar refractivity (Wildman–Crippen MR) is 100 cm³/mol. The Hall–Kier alpha value is -4.27. The van der Waals surface area contributed by atoms with Crippen LogP contribution in [0.15, 0.2) is 53.6 Å². The van der Waals surface area contributed by atoms with Crippen molar-refractivity contribution in [3.63, 3.8) is 0 Å². The molecular weight excluding hydrogens is 362 g/mol. The van der Waals surface area contributed by atoms with E-state index in [2.05, 4.69) is 20.2 Å². The molecule has 0 bridgehead atoms. The zero-order valence-electron chi connectivity index (χ0n) is 14.3. The second-order valence-corrected chi connectivity index (χ2v) is 6.00. The number of ketones is 1. The lowest BCUT2D eigenvalue weighted by molar-refractivity contribution is 0.0993. The molecule has 0 fully saturated rings. The van der Waals surface area contributed by atoms with Crippen molar-refractivity contribution in [2.75, 3.05) is 0 Å². The van der Waals surface area contributed by atoms with Gasteiger partial charge in [-0.3, -0.25) is 14.4 Å². The number of amides is 1. The number of hydrogen-bond donors (Lipinski definition) is 4. The van der Waals surface area contributed by atoms with Crippen LogP contribution in [0.4, 0.5) is 0 Å². The van der Waals surface area contributed by atoms with E-state index in [0.717, 1.165) is 0 Å². The van der Waals surface area contributed by atoms with Crippen molar-refractivity contribution < 1.29 is 14.7 Å². The maximum atomic E-state index is 13.0. The third-order valence-electron chi connectivity index (χ3n) is 4.29. The van der Waals surface area contributed by atoms with Gasteiger partial charge >= 0.3 is 0 Å². The molecule has 4 aromatic rings. The summed E-state index contributed by atoms with van der Waals surface area (Å²) in [5.74, 6) is -1.24. The molecule has 0 aliphatic carbocycles. The van der Waals surface area contributed by atoms with Gasteiger partial charge in [-0.25, -0.2) is 0 Å². The number of carbonyl (C=O) groups excluding carboxylic acids is 2. The lowest BCUT2D eigenvalue weighted by atomic mass is 9.96. The summed E-state index contributed by atoms with van der Waals surface area (Å²) in [6.45, 7) is 0. The van der Waals surface area contributed by atoms with E-state index in [-0.39, 0.29) is 45.0 Å². The summed E-state index contributed by atoms with van der Waals surface area (Å²) in [6, 6.07) is 8.80. The SMILES string of the molecule is NC(=O)c1nnc2[nH]cc(C(=O)c3ccc(O)cc3)c2c1-c1ccc[nH]c1=O. The van der Waals surface area contributed by atoms with Crippen LogP contribution in [0.2, 0.25) is 0 Å². The number of nitrogens with one attached hydrogen (secondary N) is 2. The molecule has 3 heterocycles. The van der Waals surface area contributed by atoms with Crippen molar-refractivity contribution in [2.24, 2.45) is 5.73 Å². The molecule has 9 heteroatoms. The third-order valence-corrected chi connectivity index (χ3v) is 4.29. The Morgan fingerprint density at radius 2 is 1.79 bits per heavy atom. The molecule has 0 saturated carbocycles. The number of benzene rings is 1. The highest BCUT2D eigenvalue weighted by Crippen LogP contribution is 2.31. The van der Waals surface area contributed by atoms with Crippen LogP contribution >= 0.6 is 0 Å². The summed E-state index contributed by atoms with van der Waals surface area (Å²) in [7, 11) is 0. The van der Waals surface area contributed by atoms with Crippen LogP contribution in [0.5, 0.6) is 5.75 Å². The van der Waals surface area contributed by atoms with E-state index in [0.29, 0.717) is 5.56 Å². The minimum atomic E-state index is -0.878. The Bertz CT molecular complexity index is 1290.